The van der Waals surface area contributed by atoms with E-state index in [0.29, 0.717) is 6.04 Å². The minimum atomic E-state index is 0.0458. The van der Waals surface area contributed by atoms with Crippen LogP contribution in [0.4, 0.5) is 0 Å². The van der Waals surface area contributed by atoms with Crippen molar-refractivity contribution in [2.24, 2.45) is 0 Å². The van der Waals surface area contributed by atoms with E-state index in [4.69, 9.17) is 0 Å². The van der Waals surface area contributed by atoms with Crippen molar-refractivity contribution in [3.05, 3.63) is 20.2 Å². The van der Waals surface area contributed by atoms with Crippen molar-refractivity contribution in [1.82, 2.24) is 9.47 Å². The van der Waals surface area contributed by atoms with Gasteiger partial charge in [-0.3, -0.25) is 14.2 Å². The molecule has 0 saturated heterocycles. The Morgan fingerprint density at radius 1 is 1.32 bits per heavy atom. The number of rotatable bonds is 3. The number of nitrogens with zero attached hydrogens (tertiary/aromatic N) is 2. The first-order valence-electron chi connectivity index (χ1n) is 7.14. The van der Waals surface area contributed by atoms with Gasteiger partial charge in [-0.15, -0.1) is 0 Å². The van der Waals surface area contributed by atoms with Crippen molar-refractivity contribution < 1.29 is 4.79 Å². The van der Waals surface area contributed by atoms with Crippen LogP contribution in [0.1, 0.15) is 42.7 Å². The average molecular weight is 280 g/mol. The molecule has 2 aliphatic carbocycles. The molecule has 1 heterocycles. The van der Waals surface area contributed by atoms with E-state index in [1.807, 2.05) is 11.9 Å². The smallest absolute Gasteiger partial charge is 0.308 e. The number of fused-ring (bicyclic) bond motifs is 1. The Hall–Kier alpha value is -1.10. The summed E-state index contributed by atoms with van der Waals surface area (Å²) in [6.45, 7) is 0.234. The highest BCUT2D eigenvalue weighted by Crippen LogP contribution is 2.26. The summed E-state index contributed by atoms with van der Waals surface area (Å²) >= 11 is 1.34. The standard InChI is InChI=1S/C14H20N2O2S/c1-15(10-7-8-10)13(17)9-16-11-5-3-2-4-6-12(11)19-14(16)18/h10H,2-9H2,1H3. The molecule has 0 N–H and O–H groups in total. The van der Waals surface area contributed by atoms with Crippen molar-refractivity contribution in [2.45, 2.75) is 57.5 Å². The normalized spacial score (nSPS) is 18.8. The van der Waals surface area contributed by atoms with Crippen LogP contribution in [0.25, 0.3) is 0 Å². The Balaban J connectivity index is 1.82. The molecule has 0 aliphatic heterocycles. The van der Waals surface area contributed by atoms with Crippen LogP contribution in [0.2, 0.25) is 0 Å². The Morgan fingerprint density at radius 3 is 2.79 bits per heavy atom. The second kappa shape index (κ2) is 5.12. The van der Waals surface area contributed by atoms with Gasteiger partial charge in [0.1, 0.15) is 6.54 Å². The molecule has 0 aromatic carbocycles. The summed E-state index contributed by atoms with van der Waals surface area (Å²) in [6, 6.07) is 0.417. The second-order valence-corrected chi connectivity index (χ2v) is 6.67. The van der Waals surface area contributed by atoms with Gasteiger partial charge in [0.05, 0.1) is 0 Å². The first-order valence-corrected chi connectivity index (χ1v) is 7.95. The number of amides is 1. The van der Waals surface area contributed by atoms with E-state index in [9.17, 15) is 9.59 Å². The fourth-order valence-corrected chi connectivity index (χ4v) is 3.85. The van der Waals surface area contributed by atoms with Gasteiger partial charge in [0.15, 0.2) is 0 Å². The van der Waals surface area contributed by atoms with Gasteiger partial charge in [-0.1, -0.05) is 17.8 Å². The molecule has 0 bridgehead atoms. The van der Waals surface area contributed by atoms with E-state index in [0.717, 1.165) is 37.8 Å². The Morgan fingerprint density at radius 2 is 2.05 bits per heavy atom. The number of carbonyl (C=O) groups excluding carboxylic acids is 1. The van der Waals surface area contributed by atoms with Crippen LogP contribution >= 0.6 is 11.3 Å². The quantitative estimate of drug-likeness (QED) is 0.792. The topological polar surface area (TPSA) is 42.3 Å². The van der Waals surface area contributed by atoms with Crippen LogP contribution < -0.4 is 4.87 Å². The lowest BCUT2D eigenvalue weighted by Gasteiger charge is -2.17. The summed E-state index contributed by atoms with van der Waals surface area (Å²) in [5.74, 6) is 0.0782. The lowest BCUT2D eigenvalue weighted by Crippen LogP contribution is -2.34. The summed E-state index contributed by atoms with van der Waals surface area (Å²) in [6.07, 6.45) is 7.71. The lowest BCUT2D eigenvalue weighted by atomic mass is 10.2. The molecule has 0 unspecified atom stereocenters. The van der Waals surface area contributed by atoms with E-state index in [2.05, 4.69) is 0 Å². The third-order valence-electron chi connectivity index (χ3n) is 4.18. The van der Waals surface area contributed by atoms with Crippen molar-refractivity contribution in [1.29, 1.82) is 0 Å². The highest BCUT2D eigenvalue weighted by atomic mass is 32.1. The van der Waals surface area contributed by atoms with Crippen LogP contribution in [0, 0.1) is 0 Å². The molecule has 0 atom stereocenters. The Bertz CT molecular complexity index is 542. The molecular weight excluding hydrogens is 260 g/mol. The number of likely N-dealkylation sites (N-methyl/N-ethyl adjacent to an activating group) is 1. The second-order valence-electron chi connectivity index (χ2n) is 5.62. The van der Waals surface area contributed by atoms with Gasteiger partial charge in [0, 0.05) is 23.7 Å². The maximum atomic E-state index is 12.2. The molecule has 1 saturated carbocycles. The van der Waals surface area contributed by atoms with Crippen molar-refractivity contribution in [3.8, 4) is 0 Å². The third kappa shape index (κ3) is 2.61. The molecular formula is C14H20N2O2S. The van der Waals surface area contributed by atoms with E-state index in [1.54, 1.807) is 4.57 Å². The molecule has 1 fully saturated rings. The number of carbonyl (C=O) groups is 1. The zero-order valence-corrected chi connectivity index (χ0v) is 12.2. The van der Waals surface area contributed by atoms with Crippen LogP contribution in [0.15, 0.2) is 4.79 Å². The predicted molar refractivity (Wildman–Crippen MR) is 75.6 cm³/mol. The number of hydrogen-bond donors (Lipinski definition) is 0. The summed E-state index contributed by atoms with van der Waals surface area (Å²) in [5, 5.41) is 0. The highest BCUT2D eigenvalue weighted by molar-refractivity contribution is 7.09. The van der Waals surface area contributed by atoms with Crippen molar-refractivity contribution >= 4 is 17.2 Å². The maximum absolute atomic E-state index is 12.2. The van der Waals surface area contributed by atoms with Gasteiger partial charge in [-0.05, 0) is 38.5 Å². The van der Waals surface area contributed by atoms with E-state index in [1.165, 1.54) is 29.1 Å². The molecule has 19 heavy (non-hydrogen) atoms. The first-order chi connectivity index (χ1) is 9.16. The van der Waals surface area contributed by atoms with Gasteiger partial charge in [-0.25, -0.2) is 0 Å². The SMILES string of the molecule is CN(C(=O)Cn1c2c(sc1=O)CCCCC2)C1CC1. The first kappa shape index (κ1) is 12.9. The largest absolute Gasteiger partial charge is 0.341 e. The molecule has 104 valence electrons. The van der Waals surface area contributed by atoms with Crippen molar-refractivity contribution in [2.75, 3.05) is 7.05 Å². The van der Waals surface area contributed by atoms with E-state index in [-0.39, 0.29) is 17.3 Å². The number of aromatic nitrogens is 1. The minimum absolute atomic E-state index is 0.0458. The van der Waals surface area contributed by atoms with Gasteiger partial charge in [0.25, 0.3) is 0 Å². The Labute approximate surface area is 117 Å². The third-order valence-corrected chi connectivity index (χ3v) is 5.26. The maximum Gasteiger partial charge on any atom is 0.308 e. The number of aryl methyl sites for hydroxylation is 1. The average Bonchev–Trinajstić information content (AvgIpc) is 3.20. The molecule has 1 aromatic heterocycles. The molecule has 0 radical (unpaired) electrons. The molecule has 2 aliphatic rings. The molecule has 3 rings (SSSR count). The minimum Gasteiger partial charge on any atom is -0.341 e. The highest BCUT2D eigenvalue weighted by Gasteiger charge is 2.30. The zero-order valence-electron chi connectivity index (χ0n) is 11.4. The molecule has 1 aromatic rings. The summed E-state index contributed by atoms with van der Waals surface area (Å²) in [7, 11) is 1.86. The summed E-state index contributed by atoms with van der Waals surface area (Å²) in [5.41, 5.74) is 1.13. The fourth-order valence-electron chi connectivity index (χ4n) is 2.78. The van der Waals surface area contributed by atoms with Crippen LogP contribution in [0.5, 0.6) is 0 Å². The van der Waals surface area contributed by atoms with Crippen LogP contribution in [-0.4, -0.2) is 28.5 Å². The summed E-state index contributed by atoms with van der Waals surface area (Å²) < 4.78 is 1.73. The molecule has 1 amide bonds. The van der Waals surface area contributed by atoms with Gasteiger partial charge >= 0.3 is 4.87 Å². The fraction of sp³-hybridized carbons (Fsp3) is 0.714. The zero-order chi connectivity index (χ0) is 13.4. The predicted octanol–water partition coefficient (Wildman–Crippen LogP) is 1.80. The monoisotopic (exact) mass is 280 g/mol. The Kier molecular flexibility index (Phi) is 3.48. The summed E-state index contributed by atoms with van der Waals surface area (Å²) in [4.78, 5) is 27.3. The number of thiazole rings is 1. The molecule has 5 heteroatoms. The van der Waals surface area contributed by atoms with Gasteiger partial charge in [-0.2, -0.15) is 0 Å². The van der Waals surface area contributed by atoms with E-state index < -0.39 is 0 Å². The van der Waals surface area contributed by atoms with Crippen LogP contribution in [0.3, 0.4) is 0 Å². The lowest BCUT2D eigenvalue weighted by molar-refractivity contribution is -0.131. The molecule has 0 spiro atoms. The van der Waals surface area contributed by atoms with Crippen molar-refractivity contribution in [3.63, 3.8) is 0 Å². The number of hydrogen-bond acceptors (Lipinski definition) is 3. The van der Waals surface area contributed by atoms with E-state index >= 15 is 0 Å². The molecule has 4 nitrogen and oxygen atoms in total. The van der Waals surface area contributed by atoms with Crippen LogP contribution in [-0.2, 0) is 24.2 Å². The van der Waals surface area contributed by atoms with Gasteiger partial charge in [0.2, 0.25) is 5.91 Å². The van der Waals surface area contributed by atoms with Gasteiger partial charge < -0.3 is 4.90 Å².